The van der Waals surface area contributed by atoms with Crippen LogP contribution in [0.4, 0.5) is 28.7 Å². The van der Waals surface area contributed by atoms with Gasteiger partial charge in [-0.25, -0.2) is 18.5 Å². The molecule has 0 aliphatic carbocycles. The molecule has 1 aromatic heterocycles. The summed E-state index contributed by atoms with van der Waals surface area (Å²) in [5.74, 6) is 1.29. The van der Waals surface area contributed by atoms with Crippen LogP contribution in [-0.4, -0.2) is 64.4 Å². The summed E-state index contributed by atoms with van der Waals surface area (Å²) >= 11 is -2.54. The number of hydrogen-bond donors (Lipinski definition) is 3. The largest absolute Gasteiger partial charge is 0.497 e. The van der Waals surface area contributed by atoms with Gasteiger partial charge >= 0.3 is 0 Å². The van der Waals surface area contributed by atoms with Gasteiger partial charge in [-0.05, 0) is 57.4 Å². The van der Waals surface area contributed by atoms with Gasteiger partial charge in [0.05, 0.1) is 30.9 Å². The van der Waals surface area contributed by atoms with Gasteiger partial charge in [-0.2, -0.15) is 0 Å². The smallest absolute Gasteiger partial charge is 0.268 e. The van der Waals surface area contributed by atoms with E-state index in [1.54, 1.807) is 68.8 Å². The van der Waals surface area contributed by atoms with Gasteiger partial charge < -0.3 is 25.0 Å². The fourth-order valence-corrected chi connectivity index (χ4v) is 4.58. The number of carbonyl (C=O) groups excluding carboxylic acids is 1. The zero-order valence-corrected chi connectivity index (χ0v) is 23.6. The van der Waals surface area contributed by atoms with Crippen molar-refractivity contribution in [1.29, 1.82) is 0 Å². The average molecular weight is 565 g/mol. The van der Waals surface area contributed by atoms with E-state index in [4.69, 9.17) is 19.4 Å². The number of nitrogens with zero attached hydrogens (tertiary/aromatic N) is 4. The number of rotatable bonds is 12. The topological polar surface area (TPSA) is 129 Å². The summed E-state index contributed by atoms with van der Waals surface area (Å²) in [4.78, 5) is 23.9. The first-order valence-electron chi connectivity index (χ1n) is 12.5. The van der Waals surface area contributed by atoms with Gasteiger partial charge in [0.2, 0.25) is 5.91 Å². The number of ether oxygens (including phenoxy) is 2. The van der Waals surface area contributed by atoms with Crippen molar-refractivity contribution in [2.45, 2.75) is 12.8 Å². The number of anilines is 5. The Bertz CT molecular complexity index is 1490. The van der Waals surface area contributed by atoms with Crippen LogP contribution in [0.2, 0.25) is 0 Å². The number of amides is 1. The molecule has 1 unspecified atom stereocenters. The summed E-state index contributed by atoms with van der Waals surface area (Å²) in [5.41, 5.74) is 2.52. The predicted octanol–water partition coefficient (Wildman–Crippen LogP) is 4.95. The van der Waals surface area contributed by atoms with Crippen molar-refractivity contribution >= 4 is 56.9 Å². The Labute approximate surface area is 235 Å². The van der Waals surface area contributed by atoms with Crippen molar-refractivity contribution in [3.05, 3.63) is 66.7 Å². The van der Waals surface area contributed by atoms with Crippen LogP contribution >= 0.6 is 0 Å². The molecule has 3 aromatic carbocycles. The van der Waals surface area contributed by atoms with E-state index < -0.39 is 11.3 Å². The average Bonchev–Trinajstić information content (AvgIpc) is 2.93. The lowest BCUT2D eigenvalue weighted by Crippen LogP contribution is -2.22. The second-order valence-corrected chi connectivity index (χ2v) is 9.97. The summed E-state index contributed by atoms with van der Waals surface area (Å²) in [6.07, 6.45) is 1.06. The third-order valence-electron chi connectivity index (χ3n) is 5.89. The predicted molar refractivity (Wildman–Crippen MR) is 158 cm³/mol. The van der Waals surface area contributed by atoms with Gasteiger partial charge in [-0.15, -0.1) is 0 Å². The minimum absolute atomic E-state index is 0.107. The minimum atomic E-state index is -2.54. The van der Waals surface area contributed by atoms with Crippen molar-refractivity contribution in [2.75, 3.05) is 49.8 Å². The number of hydrogen-bond acceptors (Lipinski definition) is 8. The normalized spacial score (nSPS) is 11.8. The zero-order chi connectivity index (χ0) is 28.6. The quantitative estimate of drug-likeness (QED) is 0.205. The molecular formula is C28H32N6O5S. The fraction of sp³-hybridized carbons (Fsp3) is 0.250. The van der Waals surface area contributed by atoms with E-state index in [-0.39, 0.29) is 17.5 Å². The molecule has 0 radical (unpaired) electrons. The number of nitrogens with one attached hydrogen (secondary N) is 2. The molecular weight excluding hydrogens is 532 g/mol. The molecule has 210 valence electrons. The standard InChI is InChI=1S/C28H32N6O5S/c1-33(2)14-8-13-26(35)29-19-9-7-10-21(15-19)34(40(36)37)28-27(31-24-11-5-6-12-25(24)32-28)30-20-16-22(38-3)18-23(17-20)39-4/h5-7,9-12,15-18H,8,13-14H2,1-4H3,(H,29,35)(H,30,31)(H,36,37). The summed E-state index contributed by atoms with van der Waals surface area (Å²) in [7, 11) is 7.00. The van der Waals surface area contributed by atoms with Crippen LogP contribution in [0.25, 0.3) is 11.0 Å². The maximum atomic E-state index is 12.8. The van der Waals surface area contributed by atoms with Crippen LogP contribution in [0, 0.1) is 0 Å². The summed E-state index contributed by atoms with van der Waals surface area (Å²) < 4.78 is 35.1. The summed E-state index contributed by atoms with van der Waals surface area (Å²) in [6, 6.07) is 19.1. The van der Waals surface area contributed by atoms with Crippen molar-refractivity contribution < 1.29 is 23.0 Å². The molecule has 0 fully saturated rings. The number of carbonyl (C=O) groups is 1. The highest BCUT2D eigenvalue weighted by Crippen LogP contribution is 2.36. The van der Waals surface area contributed by atoms with Gasteiger partial charge in [0, 0.05) is 36.0 Å². The van der Waals surface area contributed by atoms with E-state index >= 15 is 0 Å². The highest BCUT2D eigenvalue weighted by molar-refractivity contribution is 7.81. The van der Waals surface area contributed by atoms with Gasteiger partial charge in [0.1, 0.15) is 11.5 Å². The SMILES string of the molecule is COc1cc(Nc2nc3ccccc3nc2N(c2cccc(NC(=O)CCCN(C)C)c2)S(=O)O)cc(OC)c1. The number of methoxy groups -OCH3 is 2. The zero-order valence-electron chi connectivity index (χ0n) is 22.7. The van der Waals surface area contributed by atoms with Crippen LogP contribution in [0.15, 0.2) is 66.7 Å². The molecule has 4 rings (SSSR count). The van der Waals surface area contributed by atoms with Crippen LogP contribution in [-0.2, 0) is 16.1 Å². The second-order valence-electron chi connectivity index (χ2n) is 9.14. The molecule has 0 bridgehead atoms. The van der Waals surface area contributed by atoms with Gasteiger partial charge in [-0.3, -0.25) is 9.35 Å². The van der Waals surface area contributed by atoms with Crippen LogP contribution in [0.3, 0.4) is 0 Å². The van der Waals surface area contributed by atoms with Crippen molar-refractivity contribution in [3.63, 3.8) is 0 Å². The van der Waals surface area contributed by atoms with Crippen molar-refractivity contribution in [3.8, 4) is 11.5 Å². The first-order chi connectivity index (χ1) is 19.3. The third-order valence-corrected chi connectivity index (χ3v) is 6.58. The summed E-state index contributed by atoms with van der Waals surface area (Å²) in [6.45, 7) is 0.792. The molecule has 11 nitrogen and oxygen atoms in total. The molecule has 0 saturated carbocycles. The van der Waals surface area contributed by atoms with E-state index in [0.717, 1.165) is 10.8 Å². The van der Waals surface area contributed by atoms with Crippen LogP contribution in [0.5, 0.6) is 11.5 Å². The summed E-state index contributed by atoms with van der Waals surface area (Å²) in [5, 5.41) is 6.07. The van der Waals surface area contributed by atoms with E-state index in [1.165, 1.54) is 0 Å². The lowest BCUT2D eigenvalue weighted by Gasteiger charge is -2.23. The highest BCUT2D eigenvalue weighted by Gasteiger charge is 2.23. The Morgan fingerprint density at radius 2 is 1.60 bits per heavy atom. The van der Waals surface area contributed by atoms with E-state index in [2.05, 4.69) is 10.6 Å². The molecule has 4 aromatic rings. The lowest BCUT2D eigenvalue weighted by atomic mass is 10.2. The number of aromatic nitrogens is 2. The van der Waals surface area contributed by atoms with Crippen LogP contribution < -0.4 is 24.4 Å². The molecule has 0 saturated heterocycles. The Kier molecular flexibility index (Phi) is 9.48. The first kappa shape index (κ1) is 28.7. The first-order valence-corrected chi connectivity index (χ1v) is 13.6. The van der Waals surface area contributed by atoms with Gasteiger partial charge in [0.15, 0.2) is 11.6 Å². The van der Waals surface area contributed by atoms with E-state index in [1.807, 2.05) is 31.1 Å². The third kappa shape index (κ3) is 7.23. The molecule has 12 heteroatoms. The number of fused-ring (bicyclic) bond motifs is 1. The van der Waals surface area contributed by atoms with Gasteiger partial charge in [-0.1, -0.05) is 18.2 Å². The Balaban J connectivity index is 1.73. The molecule has 1 heterocycles. The molecule has 40 heavy (non-hydrogen) atoms. The molecule has 0 spiro atoms. The van der Waals surface area contributed by atoms with Gasteiger partial charge in [0.25, 0.3) is 11.3 Å². The Morgan fingerprint density at radius 3 is 2.23 bits per heavy atom. The van der Waals surface area contributed by atoms with Crippen molar-refractivity contribution in [1.82, 2.24) is 14.9 Å². The minimum Gasteiger partial charge on any atom is -0.497 e. The lowest BCUT2D eigenvalue weighted by molar-refractivity contribution is -0.116. The van der Waals surface area contributed by atoms with E-state index in [9.17, 15) is 13.6 Å². The van der Waals surface area contributed by atoms with E-state index in [0.29, 0.717) is 52.4 Å². The maximum Gasteiger partial charge on any atom is 0.268 e. The molecule has 0 aliphatic rings. The molecule has 1 atom stereocenters. The number of para-hydroxylation sites is 2. The molecule has 1 amide bonds. The Morgan fingerprint density at radius 1 is 0.925 bits per heavy atom. The van der Waals surface area contributed by atoms with Crippen molar-refractivity contribution in [2.24, 2.45) is 0 Å². The number of benzene rings is 3. The highest BCUT2D eigenvalue weighted by atomic mass is 32.2. The maximum absolute atomic E-state index is 12.8. The fourth-order valence-electron chi connectivity index (χ4n) is 4.01. The Hall–Kier alpha value is -4.26. The second kappa shape index (κ2) is 13.2. The monoisotopic (exact) mass is 564 g/mol. The molecule has 0 aliphatic heterocycles. The van der Waals surface area contributed by atoms with Crippen LogP contribution in [0.1, 0.15) is 12.8 Å². The molecule has 3 N–H and O–H groups in total.